The van der Waals surface area contributed by atoms with Gasteiger partial charge in [-0.15, -0.1) is 0 Å². The van der Waals surface area contributed by atoms with Crippen LogP contribution in [-0.2, 0) is 14.3 Å². The monoisotopic (exact) mass is 269 g/mol. The first kappa shape index (κ1) is 16.2. The molecule has 0 aromatic heterocycles. The van der Waals surface area contributed by atoms with E-state index >= 15 is 0 Å². The lowest BCUT2D eigenvalue weighted by Gasteiger charge is -2.35. The molecular weight excluding hydrogens is 242 g/mol. The van der Waals surface area contributed by atoms with Crippen LogP contribution < -0.4 is 0 Å². The number of Topliss-reactive ketones (excluding diaryl/α,β-unsaturated/α-hetero) is 1. The van der Waals surface area contributed by atoms with Crippen LogP contribution in [0.2, 0.25) is 0 Å². The number of nitrogens with zero attached hydrogens (tertiary/aromatic N) is 1. The Balaban J connectivity index is 3.02. The van der Waals surface area contributed by atoms with Crippen LogP contribution in [0.1, 0.15) is 47.0 Å². The van der Waals surface area contributed by atoms with Crippen molar-refractivity contribution in [3.8, 4) is 0 Å². The number of hydrogen-bond donors (Lipinski definition) is 0. The van der Waals surface area contributed by atoms with Crippen molar-refractivity contribution in [2.75, 3.05) is 20.6 Å². The molecule has 0 spiro atoms. The van der Waals surface area contributed by atoms with E-state index in [0.29, 0.717) is 6.42 Å². The lowest BCUT2D eigenvalue weighted by Crippen LogP contribution is -2.47. The third-order valence-electron chi connectivity index (χ3n) is 3.80. The maximum atomic E-state index is 12.6. The number of ketones is 1. The van der Waals surface area contributed by atoms with E-state index in [2.05, 4.69) is 0 Å². The van der Waals surface area contributed by atoms with Crippen molar-refractivity contribution in [2.45, 2.75) is 52.6 Å². The third kappa shape index (κ3) is 3.56. The molecular formula is C15H27NO3. The zero-order chi connectivity index (χ0) is 14.8. The molecule has 1 rings (SSSR count). The molecule has 0 aromatic carbocycles. The summed E-state index contributed by atoms with van der Waals surface area (Å²) in [7, 11) is 3.94. The van der Waals surface area contributed by atoms with Gasteiger partial charge in [-0.2, -0.15) is 0 Å². The van der Waals surface area contributed by atoms with E-state index in [1.807, 2.05) is 39.8 Å². The summed E-state index contributed by atoms with van der Waals surface area (Å²) in [5, 5.41) is 0. The van der Waals surface area contributed by atoms with Gasteiger partial charge in [0.25, 0.3) is 0 Å². The minimum atomic E-state index is -0.933. The number of ether oxygens (including phenoxy) is 1. The van der Waals surface area contributed by atoms with Crippen LogP contribution in [0.5, 0.6) is 0 Å². The van der Waals surface area contributed by atoms with Gasteiger partial charge < -0.3 is 9.64 Å². The Morgan fingerprint density at radius 3 is 2.32 bits per heavy atom. The Morgan fingerprint density at radius 1 is 1.32 bits per heavy atom. The number of carbonyl (C=O) groups is 2. The molecule has 4 heteroatoms. The summed E-state index contributed by atoms with van der Waals surface area (Å²) in [4.78, 5) is 26.8. The average Bonchev–Trinajstić information content (AvgIpc) is 2.58. The Hall–Kier alpha value is -0.900. The Labute approximate surface area is 116 Å². The van der Waals surface area contributed by atoms with Gasteiger partial charge in [0, 0.05) is 6.54 Å². The summed E-state index contributed by atoms with van der Waals surface area (Å²) in [5.74, 6) is -0.321. The fraction of sp³-hybridized carbons (Fsp3) is 0.867. The molecule has 1 aliphatic rings. The molecule has 0 heterocycles. The van der Waals surface area contributed by atoms with Gasteiger partial charge in [0.2, 0.25) is 0 Å². The summed E-state index contributed by atoms with van der Waals surface area (Å²) in [6.45, 7) is 7.80. The number of carbonyl (C=O) groups excluding carboxylic acids is 2. The van der Waals surface area contributed by atoms with Crippen LogP contribution in [-0.4, -0.2) is 42.9 Å². The van der Waals surface area contributed by atoms with Crippen molar-refractivity contribution in [2.24, 2.45) is 11.3 Å². The van der Waals surface area contributed by atoms with Crippen LogP contribution in [0, 0.1) is 11.3 Å². The van der Waals surface area contributed by atoms with Crippen LogP contribution >= 0.6 is 0 Å². The zero-order valence-corrected chi connectivity index (χ0v) is 13.1. The molecule has 19 heavy (non-hydrogen) atoms. The summed E-state index contributed by atoms with van der Waals surface area (Å²) in [6.07, 6.45) is 2.45. The van der Waals surface area contributed by atoms with Crippen LogP contribution in [0.4, 0.5) is 0 Å². The zero-order valence-electron chi connectivity index (χ0n) is 13.1. The van der Waals surface area contributed by atoms with Gasteiger partial charge in [0.15, 0.2) is 0 Å². The van der Waals surface area contributed by atoms with Crippen molar-refractivity contribution in [3.63, 3.8) is 0 Å². The Morgan fingerprint density at radius 2 is 1.89 bits per heavy atom. The van der Waals surface area contributed by atoms with Crippen LogP contribution in [0.25, 0.3) is 0 Å². The molecule has 1 fully saturated rings. The van der Waals surface area contributed by atoms with E-state index in [1.165, 1.54) is 6.92 Å². The Bertz CT molecular complexity index is 357. The highest BCUT2D eigenvalue weighted by Crippen LogP contribution is 2.46. The molecule has 0 saturated heterocycles. The SMILES string of the molecule is CC(=O)C1(C(=O)OC(C)(C)C)CCCC1CN(C)C. The minimum absolute atomic E-state index is 0.0499. The second-order valence-electron chi connectivity index (χ2n) is 6.88. The van der Waals surface area contributed by atoms with E-state index in [1.54, 1.807) is 0 Å². The summed E-state index contributed by atoms with van der Waals surface area (Å²) >= 11 is 0. The first-order valence-electron chi connectivity index (χ1n) is 6.99. The van der Waals surface area contributed by atoms with Gasteiger partial charge in [-0.05, 0) is 60.5 Å². The molecule has 0 bridgehead atoms. The maximum absolute atomic E-state index is 12.6. The van der Waals surface area contributed by atoms with E-state index in [0.717, 1.165) is 19.4 Å². The highest BCUT2D eigenvalue weighted by atomic mass is 16.6. The van der Waals surface area contributed by atoms with Crippen LogP contribution in [0.15, 0.2) is 0 Å². The van der Waals surface area contributed by atoms with Crippen molar-refractivity contribution in [1.29, 1.82) is 0 Å². The summed E-state index contributed by atoms with van der Waals surface area (Å²) in [6, 6.07) is 0. The standard InChI is InChI=1S/C15H27NO3/c1-11(17)15(13(18)19-14(2,3)4)9-7-8-12(15)10-16(5)6/h12H,7-10H2,1-6H3. The summed E-state index contributed by atoms with van der Waals surface area (Å²) in [5.41, 5.74) is -1.48. The van der Waals surface area contributed by atoms with Gasteiger partial charge in [0.1, 0.15) is 16.8 Å². The van der Waals surface area contributed by atoms with E-state index in [-0.39, 0.29) is 17.7 Å². The van der Waals surface area contributed by atoms with Gasteiger partial charge in [-0.1, -0.05) is 6.42 Å². The number of esters is 1. The smallest absolute Gasteiger partial charge is 0.320 e. The number of rotatable bonds is 4. The highest BCUT2D eigenvalue weighted by molar-refractivity contribution is 6.03. The normalized spacial score (nSPS) is 27.6. The van der Waals surface area contributed by atoms with Gasteiger partial charge in [0.05, 0.1) is 0 Å². The molecule has 2 unspecified atom stereocenters. The summed E-state index contributed by atoms with van der Waals surface area (Å²) < 4.78 is 5.52. The van der Waals surface area contributed by atoms with Crippen molar-refractivity contribution in [1.82, 2.24) is 4.90 Å². The molecule has 110 valence electrons. The molecule has 0 aromatic rings. The third-order valence-corrected chi connectivity index (χ3v) is 3.80. The molecule has 1 aliphatic carbocycles. The first-order chi connectivity index (χ1) is 8.59. The highest BCUT2D eigenvalue weighted by Gasteiger charge is 2.54. The molecule has 1 saturated carbocycles. The van der Waals surface area contributed by atoms with Crippen molar-refractivity contribution < 1.29 is 14.3 Å². The van der Waals surface area contributed by atoms with Crippen molar-refractivity contribution >= 4 is 11.8 Å². The topological polar surface area (TPSA) is 46.6 Å². The Kier molecular flexibility index (Phi) is 4.77. The van der Waals surface area contributed by atoms with Gasteiger partial charge >= 0.3 is 5.97 Å². The van der Waals surface area contributed by atoms with E-state index in [9.17, 15) is 9.59 Å². The fourth-order valence-corrected chi connectivity index (χ4v) is 3.01. The molecule has 0 N–H and O–H groups in total. The molecule has 4 nitrogen and oxygen atoms in total. The largest absolute Gasteiger partial charge is 0.459 e. The predicted molar refractivity (Wildman–Crippen MR) is 74.9 cm³/mol. The van der Waals surface area contributed by atoms with E-state index in [4.69, 9.17) is 4.74 Å². The van der Waals surface area contributed by atoms with Gasteiger partial charge in [-0.25, -0.2) is 0 Å². The van der Waals surface area contributed by atoms with Crippen LogP contribution in [0.3, 0.4) is 0 Å². The lowest BCUT2D eigenvalue weighted by molar-refractivity contribution is -0.173. The predicted octanol–water partition coefficient (Wildman–Crippen LogP) is 2.27. The maximum Gasteiger partial charge on any atom is 0.320 e. The quantitative estimate of drug-likeness (QED) is 0.580. The second kappa shape index (κ2) is 5.61. The van der Waals surface area contributed by atoms with Crippen molar-refractivity contribution in [3.05, 3.63) is 0 Å². The second-order valence-corrected chi connectivity index (χ2v) is 6.88. The minimum Gasteiger partial charge on any atom is -0.459 e. The lowest BCUT2D eigenvalue weighted by atomic mass is 9.74. The molecule has 2 atom stereocenters. The number of hydrogen-bond acceptors (Lipinski definition) is 4. The molecule has 0 aliphatic heterocycles. The van der Waals surface area contributed by atoms with Gasteiger partial charge in [-0.3, -0.25) is 9.59 Å². The molecule has 0 radical (unpaired) electrons. The average molecular weight is 269 g/mol. The first-order valence-corrected chi connectivity index (χ1v) is 6.99. The van der Waals surface area contributed by atoms with E-state index < -0.39 is 11.0 Å². The fourth-order valence-electron chi connectivity index (χ4n) is 3.01. The molecule has 0 amide bonds.